The van der Waals surface area contributed by atoms with Crippen LogP contribution in [-0.2, 0) is 0 Å². The van der Waals surface area contributed by atoms with E-state index in [4.69, 9.17) is 14.2 Å². The maximum atomic E-state index is 12.7. The van der Waals surface area contributed by atoms with Crippen molar-refractivity contribution in [3.05, 3.63) is 17.7 Å². The van der Waals surface area contributed by atoms with Crippen LogP contribution in [-0.4, -0.2) is 37.6 Å². The van der Waals surface area contributed by atoms with Crippen LogP contribution in [0.3, 0.4) is 0 Å². The van der Waals surface area contributed by atoms with E-state index >= 15 is 0 Å². The second-order valence-corrected chi connectivity index (χ2v) is 6.52. The highest BCUT2D eigenvalue weighted by Crippen LogP contribution is 2.43. The standard InChI is InChI=1S/C15H20O4S/c1-15(6-5-7-20-15)14(16)10-8-11(17-2)13(19-4)12(9-10)18-3/h8-9H,5-7H2,1-4H3. The molecule has 0 N–H and O–H groups in total. The van der Waals surface area contributed by atoms with Gasteiger partial charge in [0.25, 0.3) is 0 Å². The first-order chi connectivity index (χ1) is 9.55. The third-order valence-electron chi connectivity index (χ3n) is 3.63. The van der Waals surface area contributed by atoms with Crippen LogP contribution in [0.1, 0.15) is 30.1 Å². The molecule has 0 bridgehead atoms. The topological polar surface area (TPSA) is 44.8 Å². The first kappa shape index (κ1) is 15.0. The fourth-order valence-corrected chi connectivity index (χ4v) is 3.75. The van der Waals surface area contributed by atoms with Gasteiger partial charge in [-0.25, -0.2) is 0 Å². The lowest BCUT2D eigenvalue weighted by Crippen LogP contribution is -2.28. The summed E-state index contributed by atoms with van der Waals surface area (Å²) >= 11 is 1.72. The smallest absolute Gasteiger partial charge is 0.203 e. The molecule has 1 aromatic carbocycles. The van der Waals surface area contributed by atoms with Crippen LogP contribution in [0.15, 0.2) is 12.1 Å². The van der Waals surface area contributed by atoms with Gasteiger partial charge in [-0.05, 0) is 37.7 Å². The van der Waals surface area contributed by atoms with Crippen LogP contribution in [0.2, 0.25) is 0 Å². The quantitative estimate of drug-likeness (QED) is 0.781. The van der Waals surface area contributed by atoms with Gasteiger partial charge in [0, 0.05) is 5.56 Å². The summed E-state index contributed by atoms with van der Waals surface area (Å²) in [4.78, 5) is 12.7. The van der Waals surface area contributed by atoms with Crippen molar-refractivity contribution in [2.24, 2.45) is 0 Å². The molecule has 1 aliphatic heterocycles. The summed E-state index contributed by atoms with van der Waals surface area (Å²) in [6, 6.07) is 3.46. The summed E-state index contributed by atoms with van der Waals surface area (Å²) in [6.45, 7) is 2.01. The zero-order valence-corrected chi connectivity index (χ0v) is 13.1. The minimum atomic E-state index is -0.343. The number of hydrogen-bond acceptors (Lipinski definition) is 5. The van der Waals surface area contributed by atoms with Crippen molar-refractivity contribution in [1.82, 2.24) is 0 Å². The number of Topliss-reactive ketones (excluding diaryl/α,β-unsaturated/α-hetero) is 1. The van der Waals surface area contributed by atoms with Crippen LogP contribution >= 0.6 is 11.8 Å². The van der Waals surface area contributed by atoms with E-state index in [1.54, 1.807) is 45.2 Å². The largest absolute Gasteiger partial charge is 0.493 e. The molecule has 0 aliphatic carbocycles. The fourth-order valence-electron chi connectivity index (χ4n) is 2.48. The zero-order valence-electron chi connectivity index (χ0n) is 12.3. The Morgan fingerprint density at radius 2 is 1.75 bits per heavy atom. The van der Waals surface area contributed by atoms with Gasteiger partial charge in [-0.1, -0.05) is 0 Å². The lowest BCUT2D eigenvalue weighted by molar-refractivity contribution is 0.0948. The molecule has 1 saturated heterocycles. The molecule has 110 valence electrons. The Bertz CT molecular complexity index is 482. The maximum Gasteiger partial charge on any atom is 0.203 e. The highest BCUT2D eigenvalue weighted by molar-refractivity contribution is 8.01. The van der Waals surface area contributed by atoms with E-state index in [1.165, 1.54) is 0 Å². The van der Waals surface area contributed by atoms with Crippen LogP contribution in [0, 0.1) is 0 Å². The van der Waals surface area contributed by atoms with E-state index in [1.807, 2.05) is 6.92 Å². The molecule has 1 heterocycles. The zero-order chi connectivity index (χ0) is 14.8. The Kier molecular flexibility index (Phi) is 4.48. The van der Waals surface area contributed by atoms with Gasteiger partial charge in [-0.3, -0.25) is 4.79 Å². The molecule has 2 rings (SSSR count). The lowest BCUT2D eigenvalue weighted by atomic mass is 9.94. The van der Waals surface area contributed by atoms with Crippen LogP contribution in [0.25, 0.3) is 0 Å². The van der Waals surface area contributed by atoms with Crippen molar-refractivity contribution in [2.45, 2.75) is 24.5 Å². The van der Waals surface area contributed by atoms with E-state index in [0.717, 1.165) is 18.6 Å². The van der Waals surface area contributed by atoms with Gasteiger partial charge in [0.1, 0.15) is 0 Å². The average molecular weight is 296 g/mol. The van der Waals surface area contributed by atoms with Gasteiger partial charge >= 0.3 is 0 Å². The highest BCUT2D eigenvalue weighted by Gasteiger charge is 2.38. The van der Waals surface area contributed by atoms with E-state index in [2.05, 4.69) is 0 Å². The molecule has 1 unspecified atom stereocenters. The predicted octanol–water partition coefficient (Wildman–Crippen LogP) is 3.18. The third-order valence-corrected chi connectivity index (χ3v) is 5.15. The normalized spacial score (nSPS) is 21.6. The number of ether oxygens (including phenoxy) is 3. The Balaban J connectivity index is 2.44. The fraction of sp³-hybridized carbons (Fsp3) is 0.533. The minimum Gasteiger partial charge on any atom is -0.493 e. The second kappa shape index (κ2) is 5.95. The molecule has 1 fully saturated rings. The molecule has 1 aliphatic rings. The maximum absolute atomic E-state index is 12.7. The molecule has 4 nitrogen and oxygen atoms in total. The van der Waals surface area contributed by atoms with Crippen LogP contribution in [0.5, 0.6) is 17.2 Å². The number of thioether (sulfide) groups is 1. The molecular formula is C15H20O4S. The van der Waals surface area contributed by atoms with E-state index in [0.29, 0.717) is 22.8 Å². The van der Waals surface area contributed by atoms with Crippen molar-refractivity contribution in [2.75, 3.05) is 27.1 Å². The molecule has 0 spiro atoms. The SMILES string of the molecule is COc1cc(C(=O)C2(C)CCCS2)cc(OC)c1OC. The van der Waals surface area contributed by atoms with Crippen molar-refractivity contribution >= 4 is 17.5 Å². The minimum absolute atomic E-state index is 0.124. The summed E-state index contributed by atoms with van der Waals surface area (Å²) in [5.41, 5.74) is 0.608. The van der Waals surface area contributed by atoms with Gasteiger partial charge in [-0.15, -0.1) is 11.8 Å². The first-order valence-electron chi connectivity index (χ1n) is 6.54. The monoisotopic (exact) mass is 296 g/mol. The summed E-state index contributed by atoms with van der Waals surface area (Å²) in [7, 11) is 4.66. The number of carbonyl (C=O) groups excluding carboxylic acids is 1. The molecule has 20 heavy (non-hydrogen) atoms. The van der Waals surface area contributed by atoms with Crippen LogP contribution in [0.4, 0.5) is 0 Å². The summed E-state index contributed by atoms with van der Waals surface area (Å²) in [5, 5.41) is 0. The van der Waals surface area contributed by atoms with Crippen molar-refractivity contribution in [3.8, 4) is 17.2 Å². The molecule has 0 amide bonds. The highest BCUT2D eigenvalue weighted by atomic mass is 32.2. The number of ketones is 1. The van der Waals surface area contributed by atoms with E-state index < -0.39 is 0 Å². The van der Waals surface area contributed by atoms with Gasteiger partial charge in [0.2, 0.25) is 5.75 Å². The molecule has 0 radical (unpaired) electrons. The molecule has 1 atom stereocenters. The van der Waals surface area contributed by atoms with E-state index in [-0.39, 0.29) is 10.5 Å². The third kappa shape index (κ3) is 2.59. The molecule has 1 aromatic rings. The average Bonchev–Trinajstić information content (AvgIpc) is 2.92. The number of benzene rings is 1. The summed E-state index contributed by atoms with van der Waals surface area (Å²) < 4.78 is 15.5. The first-order valence-corrected chi connectivity index (χ1v) is 7.53. The van der Waals surface area contributed by atoms with E-state index in [9.17, 15) is 4.79 Å². The number of rotatable bonds is 5. The second-order valence-electron chi connectivity index (χ2n) is 4.93. The summed E-state index contributed by atoms with van der Waals surface area (Å²) in [5.74, 6) is 2.70. The Morgan fingerprint density at radius 1 is 1.15 bits per heavy atom. The molecule has 5 heteroatoms. The van der Waals surface area contributed by atoms with Gasteiger partial charge < -0.3 is 14.2 Å². The van der Waals surface area contributed by atoms with Gasteiger partial charge in [0.05, 0.1) is 26.1 Å². The van der Waals surface area contributed by atoms with Gasteiger partial charge in [0.15, 0.2) is 17.3 Å². The number of hydrogen-bond donors (Lipinski definition) is 0. The lowest BCUT2D eigenvalue weighted by Gasteiger charge is -2.22. The molecule has 0 saturated carbocycles. The van der Waals surface area contributed by atoms with Crippen molar-refractivity contribution in [3.63, 3.8) is 0 Å². The van der Waals surface area contributed by atoms with Crippen molar-refractivity contribution < 1.29 is 19.0 Å². The Morgan fingerprint density at radius 3 is 2.15 bits per heavy atom. The number of methoxy groups -OCH3 is 3. The summed E-state index contributed by atoms with van der Waals surface area (Å²) in [6.07, 6.45) is 1.99. The van der Waals surface area contributed by atoms with Crippen LogP contribution < -0.4 is 14.2 Å². The Labute approximate surface area is 123 Å². The Hall–Kier alpha value is -1.36. The predicted molar refractivity (Wildman–Crippen MR) is 80.5 cm³/mol. The molecular weight excluding hydrogens is 276 g/mol. The number of carbonyl (C=O) groups is 1. The van der Waals surface area contributed by atoms with Gasteiger partial charge in [-0.2, -0.15) is 0 Å². The molecule has 0 aromatic heterocycles. The van der Waals surface area contributed by atoms with Crippen molar-refractivity contribution in [1.29, 1.82) is 0 Å².